The minimum absolute atomic E-state index is 0.173. The molecule has 88 valence electrons. The van der Waals surface area contributed by atoms with Crippen molar-refractivity contribution in [1.82, 2.24) is 5.32 Å². The van der Waals surface area contributed by atoms with Crippen molar-refractivity contribution in [3.8, 4) is 0 Å². The number of amides is 1. The van der Waals surface area contributed by atoms with Crippen molar-refractivity contribution < 1.29 is 4.79 Å². The van der Waals surface area contributed by atoms with E-state index in [0.29, 0.717) is 28.1 Å². The van der Waals surface area contributed by atoms with Gasteiger partial charge in [0.25, 0.3) is 5.91 Å². The fraction of sp³-hybridized carbons (Fsp3) is 0.417. The molecule has 0 aliphatic carbocycles. The van der Waals surface area contributed by atoms with E-state index in [1.165, 1.54) is 0 Å². The second-order valence-corrected chi connectivity index (χ2v) is 4.91. The molecule has 1 aromatic rings. The predicted molar refractivity (Wildman–Crippen MR) is 68.3 cm³/mol. The minimum Gasteiger partial charge on any atom is -0.352 e. The first kappa shape index (κ1) is 13.3. The summed E-state index contributed by atoms with van der Waals surface area (Å²) in [4.78, 5) is 11.7. The molecular formula is C12H15Cl2NO. The molecule has 0 saturated heterocycles. The molecule has 0 bridgehead atoms. The molecule has 4 heteroatoms. The van der Waals surface area contributed by atoms with Crippen molar-refractivity contribution in [3.05, 3.63) is 33.8 Å². The summed E-state index contributed by atoms with van der Waals surface area (Å²) >= 11 is 11.7. The Kier molecular flexibility index (Phi) is 5.10. The van der Waals surface area contributed by atoms with E-state index >= 15 is 0 Å². The van der Waals surface area contributed by atoms with Gasteiger partial charge in [0.05, 0.1) is 10.6 Å². The SMILES string of the molecule is CC(C)CCNC(=O)c1cc(Cl)ccc1Cl. The molecule has 0 unspecified atom stereocenters. The summed E-state index contributed by atoms with van der Waals surface area (Å²) in [5.74, 6) is 0.392. The van der Waals surface area contributed by atoms with Crippen LogP contribution in [0.5, 0.6) is 0 Å². The molecule has 0 aromatic heterocycles. The van der Waals surface area contributed by atoms with Crippen LogP contribution in [0.3, 0.4) is 0 Å². The van der Waals surface area contributed by atoms with Crippen LogP contribution < -0.4 is 5.32 Å². The molecule has 2 nitrogen and oxygen atoms in total. The van der Waals surface area contributed by atoms with Gasteiger partial charge in [0.1, 0.15) is 0 Å². The normalized spacial score (nSPS) is 10.6. The van der Waals surface area contributed by atoms with Gasteiger partial charge in [0, 0.05) is 11.6 Å². The average Bonchev–Trinajstić information content (AvgIpc) is 2.21. The first-order valence-electron chi connectivity index (χ1n) is 5.24. The number of hydrogen-bond donors (Lipinski definition) is 1. The standard InChI is InChI=1S/C12H15Cl2NO/c1-8(2)5-6-15-12(16)10-7-9(13)3-4-11(10)14/h3-4,7-8H,5-6H2,1-2H3,(H,15,16). The Morgan fingerprint density at radius 3 is 2.69 bits per heavy atom. The van der Waals surface area contributed by atoms with Crippen LogP contribution in [-0.2, 0) is 0 Å². The third kappa shape index (κ3) is 4.03. The second kappa shape index (κ2) is 6.12. The molecular weight excluding hydrogens is 245 g/mol. The van der Waals surface area contributed by atoms with Gasteiger partial charge in [-0.3, -0.25) is 4.79 Å². The summed E-state index contributed by atoms with van der Waals surface area (Å²) in [6.07, 6.45) is 0.948. The van der Waals surface area contributed by atoms with E-state index in [9.17, 15) is 4.79 Å². The molecule has 1 N–H and O–H groups in total. The molecule has 0 atom stereocenters. The Labute approximate surface area is 106 Å². The van der Waals surface area contributed by atoms with Gasteiger partial charge in [-0.2, -0.15) is 0 Å². The number of carbonyl (C=O) groups is 1. The third-order valence-corrected chi connectivity index (χ3v) is 2.74. The molecule has 0 saturated carbocycles. The Morgan fingerprint density at radius 1 is 1.38 bits per heavy atom. The Balaban J connectivity index is 2.62. The Hall–Kier alpha value is -0.730. The van der Waals surface area contributed by atoms with Gasteiger partial charge in [0.15, 0.2) is 0 Å². The molecule has 0 aliphatic heterocycles. The van der Waals surface area contributed by atoms with Crippen molar-refractivity contribution in [2.45, 2.75) is 20.3 Å². The van der Waals surface area contributed by atoms with E-state index in [1.807, 2.05) is 0 Å². The van der Waals surface area contributed by atoms with Crippen molar-refractivity contribution in [2.24, 2.45) is 5.92 Å². The highest BCUT2D eigenvalue weighted by molar-refractivity contribution is 6.35. The van der Waals surface area contributed by atoms with Gasteiger partial charge in [-0.25, -0.2) is 0 Å². The summed E-state index contributed by atoms with van der Waals surface area (Å²) in [5, 5.41) is 3.75. The van der Waals surface area contributed by atoms with Crippen LogP contribution >= 0.6 is 23.2 Å². The highest BCUT2D eigenvalue weighted by Gasteiger charge is 2.10. The predicted octanol–water partition coefficient (Wildman–Crippen LogP) is 3.77. The average molecular weight is 260 g/mol. The summed E-state index contributed by atoms with van der Waals surface area (Å²) in [6, 6.07) is 4.87. The lowest BCUT2D eigenvalue weighted by Crippen LogP contribution is -2.25. The first-order valence-corrected chi connectivity index (χ1v) is 5.99. The van der Waals surface area contributed by atoms with Gasteiger partial charge in [-0.15, -0.1) is 0 Å². The number of halogens is 2. The van der Waals surface area contributed by atoms with Crippen LogP contribution in [0.15, 0.2) is 18.2 Å². The maximum Gasteiger partial charge on any atom is 0.252 e. The van der Waals surface area contributed by atoms with Crippen LogP contribution in [0.2, 0.25) is 10.0 Å². The van der Waals surface area contributed by atoms with E-state index in [0.717, 1.165) is 6.42 Å². The number of rotatable bonds is 4. The lowest BCUT2D eigenvalue weighted by Gasteiger charge is -2.08. The monoisotopic (exact) mass is 259 g/mol. The van der Waals surface area contributed by atoms with Crippen LogP contribution in [0.25, 0.3) is 0 Å². The van der Waals surface area contributed by atoms with Crippen LogP contribution in [0.1, 0.15) is 30.6 Å². The van der Waals surface area contributed by atoms with Crippen molar-refractivity contribution in [2.75, 3.05) is 6.54 Å². The van der Waals surface area contributed by atoms with Crippen LogP contribution in [0.4, 0.5) is 0 Å². The molecule has 0 spiro atoms. The number of hydrogen-bond acceptors (Lipinski definition) is 1. The van der Waals surface area contributed by atoms with Crippen molar-refractivity contribution in [3.63, 3.8) is 0 Å². The molecule has 0 heterocycles. The summed E-state index contributed by atoms with van der Waals surface area (Å²) in [5.41, 5.74) is 0.429. The van der Waals surface area contributed by atoms with Gasteiger partial charge < -0.3 is 5.32 Å². The lowest BCUT2D eigenvalue weighted by molar-refractivity contribution is 0.0952. The van der Waals surface area contributed by atoms with E-state index in [1.54, 1.807) is 18.2 Å². The quantitative estimate of drug-likeness (QED) is 0.877. The fourth-order valence-corrected chi connectivity index (χ4v) is 1.62. The highest BCUT2D eigenvalue weighted by Crippen LogP contribution is 2.20. The van der Waals surface area contributed by atoms with Crippen molar-refractivity contribution in [1.29, 1.82) is 0 Å². The van der Waals surface area contributed by atoms with E-state index < -0.39 is 0 Å². The molecule has 1 rings (SSSR count). The Bertz CT molecular complexity index is 377. The third-order valence-electron chi connectivity index (χ3n) is 2.18. The first-order chi connectivity index (χ1) is 7.50. The number of carbonyl (C=O) groups excluding carboxylic acids is 1. The maximum atomic E-state index is 11.7. The van der Waals surface area contributed by atoms with Crippen LogP contribution in [0, 0.1) is 5.92 Å². The zero-order valence-corrected chi connectivity index (χ0v) is 10.9. The summed E-state index contributed by atoms with van der Waals surface area (Å²) in [6.45, 7) is 4.87. The molecule has 1 amide bonds. The molecule has 16 heavy (non-hydrogen) atoms. The zero-order chi connectivity index (χ0) is 12.1. The molecule has 0 aliphatic rings. The smallest absolute Gasteiger partial charge is 0.252 e. The lowest BCUT2D eigenvalue weighted by atomic mass is 10.1. The maximum absolute atomic E-state index is 11.7. The zero-order valence-electron chi connectivity index (χ0n) is 9.39. The van der Waals surface area contributed by atoms with Crippen LogP contribution in [-0.4, -0.2) is 12.5 Å². The fourth-order valence-electron chi connectivity index (χ4n) is 1.24. The Morgan fingerprint density at radius 2 is 2.06 bits per heavy atom. The molecule has 0 radical (unpaired) electrons. The highest BCUT2D eigenvalue weighted by atomic mass is 35.5. The summed E-state index contributed by atoms with van der Waals surface area (Å²) < 4.78 is 0. The van der Waals surface area contributed by atoms with Gasteiger partial charge in [-0.1, -0.05) is 37.0 Å². The topological polar surface area (TPSA) is 29.1 Å². The number of nitrogens with one attached hydrogen (secondary N) is 1. The largest absolute Gasteiger partial charge is 0.352 e. The minimum atomic E-state index is -0.173. The van der Waals surface area contributed by atoms with E-state index in [-0.39, 0.29) is 5.91 Å². The number of benzene rings is 1. The van der Waals surface area contributed by atoms with E-state index in [2.05, 4.69) is 19.2 Å². The summed E-state index contributed by atoms with van der Waals surface area (Å²) in [7, 11) is 0. The van der Waals surface area contributed by atoms with Crippen molar-refractivity contribution >= 4 is 29.1 Å². The van der Waals surface area contributed by atoms with Gasteiger partial charge in [0.2, 0.25) is 0 Å². The second-order valence-electron chi connectivity index (χ2n) is 4.06. The molecule has 1 aromatic carbocycles. The van der Waals surface area contributed by atoms with Gasteiger partial charge >= 0.3 is 0 Å². The van der Waals surface area contributed by atoms with E-state index in [4.69, 9.17) is 23.2 Å². The molecule has 0 fully saturated rings. The van der Waals surface area contributed by atoms with Gasteiger partial charge in [-0.05, 0) is 30.5 Å².